The third-order valence-electron chi connectivity index (χ3n) is 5.80. The SMILES string of the molecule is COc1ccccc1/C=C(\NC(=O)c1ccccc1)C(=O)Nc1cccc(SCC(=O)c2ccc(C)cc2)c1. The van der Waals surface area contributed by atoms with Crippen molar-refractivity contribution in [1.29, 1.82) is 0 Å². The number of amides is 2. The maximum Gasteiger partial charge on any atom is 0.272 e. The fraction of sp³-hybridized carbons (Fsp3) is 0.0938. The van der Waals surface area contributed by atoms with Gasteiger partial charge in [-0.25, -0.2) is 0 Å². The minimum absolute atomic E-state index is 0.0279. The van der Waals surface area contributed by atoms with Crippen LogP contribution in [0.1, 0.15) is 31.8 Å². The molecule has 6 nitrogen and oxygen atoms in total. The summed E-state index contributed by atoms with van der Waals surface area (Å²) < 4.78 is 5.41. The maximum atomic E-state index is 13.4. The van der Waals surface area contributed by atoms with Gasteiger partial charge in [0, 0.05) is 27.3 Å². The summed E-state index contributed by atoms with van der Waals surface area (Å²) in [6.07, 6.45) is 1.58. The Morgan fingerprint density at radius 2 is 1.54 bits per heavy atom. The molecule has 0 aromatic heterocycles. The predicted octanol–water partition coefficient (Wildman–Crippen LogP) is 6.39. The molecule has 0 aliphatic rings. The van der Waals surface area contributed by atoms with Crippen LogP contribution in [0.2, 0.25) is 0 Å². The largest absolute Gasteiger partial charge is 0.496 e. The molecule has 0 aliphatic carbocycles. The molecule has 0 fully saturated rings. The van der Waals surface area contributed by atoms with Crippen LogP contribution in [0.3, 0.4) is 0 Å². The number of hydrogen-bond acceptors (Lipinski definition) is 5. The first-order chi connectivity index (χ1) is 18.9. The van der Waals surface area contributed by atoms with Crippen LogP contribution < -0.4 is 15.4 Å². The summed E-state index contributed by atoms with van der Waals surface area (Å²) in [5.74, 6) is -0.0469. The number of ketones is 1. The topological polar surface area (TPSA) is 84.5 Å². The van der Waals surface area contributed by atoms with Gasteiger partial charge in [-0.15, -0.1) is 11.8 Å². The van der Waals surface area contributed by atoms with Gasteiger partial charge in [0.25, 0.3) is 11.8 Å². The fourth-order valence-electron chi connectivity index (χ4n) is 3.72. The van der Waals surface area contributed by atoms with E-state index in [-0.39, 0.29) is 17.2 Å². The Morgan fingerprint density at radius 3 is 2.28 bits per heavy atom. The lowest BCUT2D eigenvalue weighted by atomic mass is 10.1. The van der Waals surface area contributed by atoms with Gasteiger partial charge in [-0.3, -0.25) is 14.4 Å². The van der Waals surface area contributed by atoms with Crippen molar-refractivity contribution < 1.29 is 19.1 Å². The van der Waals surface area contributed by atoms with E-state index < -0.39 is 11.8 Å². The van der Waals surface area contributed by atoms with E-state index in [0.29, 0.717) is 28.1 Å². The van der Waals surface area contributed by atoms with Crippen molar-refractivity contribution in [2.75, 3.05) is 18.2 Å². The minimum Gasteiger partial charge on any atom is -0.496 e. The molecule has 4 rings (SSSR count). The molecule has 0 spiro atoms. The van der Waals surface area contributed by atoms with Crippen molar-refractivity contribution in [2.24, 2.45) is 0 Å². The van der Waals surface area contributed by atoms with Crippen molar-refractivity contribution in [3.8, 4) is 5.75 Å². The number of carbonyl (C=O) groups is 3. The van der Waals surface area contributed by atoms with Crippen LogP contribution >= 0.6 is 11.8 Å². The summed E-state index contributed by atoms with van der Waals surface area (Å²) in [6, 6.07) is 30.6. The molecule has 0 saturated heterocycles. The maximum absolute atomic E-state index is 13.4. The first kappa shape index (κ1) is 27.4. The molecule has 196 valence electrons. The monoisotopic (exact) mass is 536 g/mol. The third kappa shape index (κ3) is 7.69. The molecule has 4 aromatic carbocycles. The Bertz CT molecular complexity index is 1500. The second-order valence-corrected chi connectivity index (χ2v) is 9.73. The summed E-state index contributed by atoms with van der Waals surface area (Å²) in [7, 11) is 1.54. The normalized spacial score (nSPS) is 11.0. The standard InChI is InChI=1S/C32H28N2O4S/c1-22-15-17-23(18-16-22)29(35)21-39-27-13-8-12-26(20-27)33-32(37)28(19-25-11-6-7-14-30(25)38-2)34-31(36)24-9-4-3-5-10-24/h3-20H,21H2,1-2H3,(H,33,37)(H,34,36)/b28-19-. The number of carbonyl (C=O) groups excluding carboxylic acids is 3. The highest BCUT2D eigenvalue weighted by Gasteiger charge is 2.16. The molecule has 39 heavy (non-hydrogen) atoms. The Balaban J connectivity index is 1.51. The summed E-state index contributed by atoms with van der Waals surface area (Å²) in [5.41, 5.74) is 3.42. The lowest BCUT2D eigenvalue weighted by Gasteiger charge is -2.13. The number of ether oxygens (including phenoxy) is 1. The highest BCUT2D eigenvalue weighted by atomic mass is 32.2. The number of Topliss-reactive ketones (excluding diaryl/α,β-unsaturated/α-hetero) is 1. The lowest BCUT2D eigenvalue weighted by Crippen LogP contribution is -2.30. The summed E-state index contributed by atoms with van der Waals surface area (Å²) in [6.45, 7) is 1.98. The van der Waals surface area contributed by atoms with Gasteiger partial charge in [0.2, 0.25) is 0 Å². The fourth-order valence-corrected chi connectivity index (χ4v) is 4.57. The molecular formula is C32H28N2O4S. The zero-order valence-corrected chi connectivity index (χ0v) is 22.5. The minimum atomic E-state index is -0.497. The van der Waals surface area contributed by atoms with E-state index in [4.69, 9.17) is 4.74 Å². The number of rotatable bonds is 10. The molecule has 0 heterocycles. The molecule has 2 amide bonds. The summed E-state index contributed by atoms with van der Waals surface area (Å²) in [4.78, 5) is 39.7. The molecule has 4 aromatic rings. The van der Waals surface area contributed by atoms with Gasteiger partial charge >= 0.3 is 0 Å². The molecule has 0 atom stereocenters. The van der Waals surface area contributed by atoms with Crippen LogP contribution in [-0.4, -0.2) is 30.5 Å². The zero-order valence-electron chi connectivity index (χ0n) is 21.6. The van der Waals surface area contributed by atoms with Crippen molar-refractivity contribution in [3.63, 3.8) is 0 Å². The van der Waals surface area contributed by atoms with Gasteiger partial charge in [0.15, 0.2) is 5.78 Å². The van der Waals surface area contributed by atoms with Crippen LogP contribution in [0.25, 0.3) is 6.08 Å². The third-order valence-corrected chi connectivity index (χ3v) is 6.80. The Hall–Kier alpha value is -4.62. The van der Waals surface area contributed by atoms with Gasteiger partial charge in [-0.2, -0.15) is 0 Å². The highest BCUT2D eigenvalue weighted by molar-refractivity contribution is 8.00. The molecule has 0 unspecified atom stereocenters. The van der Waals surface area contributed by atoms with Gasteiger partial charge in [0.1, 0.15) is 11.4 Å². The van der Waals surface area contributed by atoms with E-state index in [1.165, 1.54) is 11.8 Å². The van der Waals surface area contributed by atoms with Crippen LogP contribution in [-0.2, 0) is 4.79 Å². The van der Waals surface area contributed by atoms with E-state index in [0.717, 1.165) is 10.5 Å². The summed E-state index contributed by atoms with van der Waals surface area (Å²) in [5, 5.41) is 5.60. The van der Waals surface area contributed by atoms with E-state index in [1.54, 1.807) is 67.8 Å². The van der Waals surface area contributed by atoms with Crippen molar-refractivity contribution >= 4 is 41.1 Å². The molecule has 7 heteroatoms. The summed E-state index contributed by atoms with van der Waals surface area (Å²) >= 11 is 1.39. The van der Waals surface area contributed by atoms with Crippen LogP contribution in [0.15, 0.2) is 114 Å². The molecule has 0 bridgehead atoms. The number of aryl methyl sites for hydroxylation is 1. The highest BCUT2D eigenvalue weighted by Crippen LogP contribution is 2.24. The molecule has 2 N–H and O–H groups in total. The zero-order chi connectivity index (χ0) is 27.6. The van der Waals surface area contributed by atoms with Crippen molar-refractivity contribution in [1.82, 2.24) is 5.32 Å². The molecule has 0 saturated carbocycles. The molecular weight excluding hydrogens is 508 g/mol. The second-order valence-electron chi connectivity index (χ2n) is 8.68. The smallest absolute Gasteiger partial charge is 0.272 e. The first-order valence-electron chi connectivity index (χ1n) is 12.3. The number of thioether (sulfide) groups is 1. The predicted molar refractivity (Wildman–Crippen MR) is 156 cm³/mol. The molecule has 0 aliphatic heterocycles. The van der Waals surface area contributed by atoms with E-state index >= 15 is 0 Å². The van der Waals surface area contributed by atoms with E-state index in [2.05, 4.69) is 10.6 Å². The van der Waals surface area contributed by atoms with Crippen LogP contribution in [0.5, 0.6) is 5.75 Å². The number of benzene rings is 4. The lowest BCUT2D eigenvalue weighted by molar-refractivity contribution is -0.113. The molecule has 0 radical (unpaired) electrons. The average molecular weight is 537 g/mol. The average Bonchev–Trinajstić information content (AvgIpc) is 2.96. The van der Waals surface area contributed by atoms with Gasteiger partial charge < -0.3 is 15.4 Å². The quantitative estimate of drug-likeness (QED) is 0.139. The number of nitrogens with one attached hydrogen (secondary N) is 2. The van der Waals surface area contributed by atoms with Crippen molar-refractivity contribution in [2.45, 2.75) is 11.8 Å². The van der Waals surface area contributed by atoms with Gasteiger partial charge in [-0.05, 0) is 49.4 Å². The Morgan fingerprint density at radius 1 is 0.821 bits per heavy atom. The number of methoxy groups -OCH3 is 1. The van der Waals surface area contributed by atoms with E-state index in [9.17, 15) is 14.4 Å². The first-order valence-corrected chi connectivity index (χ1v) is 13.3. The Kier molecular flexibility index (Phi) is 9.32. The van der Waals surface area contributed by atoms with E-state index in [1.807, 2.05) is 55.5 Å². The van der Waals surface area contributed by atoms with Gasteiger partial charge in [0.05, 0.1) is 12.9 Å². The number of hydrogen-bond donors (Lipinski definition) is 2. The second kappa shape index (κ2) is 13.3. The Labute approximate surface area is 232 Å². The van der Waals surface area contributed by atoms with Crippen molar-refractivity contribution in [3.05, 3.63) is 131 Å². The van der Waals surface area contributed by atoms with Gasteiger partial charge in [-0.1, -0.05) is 72.3 Å². The number of anilines is 1. The van der Waals surface area contributed by atoms with Crippen LogP contribution in [0, 0.1) is 6.92 Å². The number of para-hydroxylation sites is 1. The van der Waals surface area contributed by atoms with Crippen LogP contribution in [0.4, 0.5) is 5.69 Å².